The lowest BCUT2D eigenvalue weighted by atomic mass is 9.95. The van der Waals surface area contributed by atoms with Crippen molar-refractivity contribution < 1.29 is 67.0 Å². The number of aromatic carboxylic acids is 1. The number of carboxylic acids is 1. The van der Waals surface area contributed by atoms with Gasteiger partial charge in [0, 0.05) is 12.1 Å². The minimum absolute atomic E-state index is 0.102. The highest BCUT2D eigenvalue weighted by Gasteiger charge is 2.22. The molecule has 0 saturated heterocycles. The SMILES string of the molecule is CC(C)(C)OC(=O)COc1cc(OCC(=O)OC(C)(C)C)cc(-c2cc(C(=O)O)cc(-c3cc(OCC(=O)OC(C)(C)C)cc(OCC(=O)OC(C)(C)C)c3)c2)c1. The van der Waals surface area contributed by atoms with Gasteiger partial charge in [0.2, 0.25) is 0 Å². The second-order valence-electron chi connectivity index (χ2n) is 17.0. The molecule has 0 spiro atoms. The van der Waals surface area contributed by atoms with E-state index >= 15 is 0 Å². The van der Waals surface area contributed by atoms with Crippen LogP contribution >= 0.6 is 0 Å². The maximum absolute atomic E-state index is 12.5. The predicted octanol–water partition coefficient (Wildman–Crippen LogP) is 7.60. The third-order valence-electron chi connectivity index (χ3n) is 6.71. The van der Waals surface area contributed by atoms with E-state index in [1.165, 1.54) is 24.3 Å². The molecule has 0 saturated carbocycles. The molecule has 0 unspecified atom stereocenters. The number of carbonyl (C=O) groups is 5. The van der Waals surface area contributed by atoms with Gasteiger partial charge in [0.25, 0.3) is 0 Å². The number of carbonyl (C=O) groups excluding carboxylic acids is 4. The summed E-state index contributed by atoms with van der Waals surface area (Å²) >= 11 is 0. The first kappa shape index (κ1) is 45.6. The Kier molecular flexibility index (Phi) is 14.7. The van der Waals surface area contributed by atoms with Crippen LogP contribution in [0.4, 0.5) is 0 Å². The molecule has 0 bridgehead atoms. The number of benzene rings is 3. The van der Waals surface area contributed by atoms with Crippen LogP contribution in [0.3, 0.4) is 0 Å². The van der Waals surface area contributed by atoms with Gasteiger partial charge in [-0.05, 0) is 148 Å². The number of hydrogen-bond acceptors (Lipinski definition) is 13. The largest absolute Gasteiger partial charge is 0.482 e. The Morgan fingerprint density at radius 3 is 0.825 bits per heavy atom. The normalized spacial score (nSPS) is 11.9. The van der Waals surface area contributed by atoms with Gasteiger partial charge in [-0.2, -0.15) is 0 Å². The molecule has 14 nitrogen and oxygen atoms in total. The molecule has 0 aliphatic rings. The fourth-order valence-corrected chi connectivity index (χ4v) is 4.95. The van der Waals surface area contributed by atoms with Crippen molar-refractivity contribution in [3.05, 3.63) is 60.2 Å². The lowest BCUT2D eigenvalue weighted by Gasteiger charge is -2.20. The average Bonchev–Trinajstić information content (AvgIpc) is 3.04. The second-order valence-corrected chi connectivity index (χ2v) is 17.0. The van der Waals surface area contributed by atoms with Gasteiger partial charge >= 0.3 is 29.8 Å². The monoisotopic (exact) mass is 794 g/mol. The summed E-state index contributed by atoms with van der Waals surface area (Å²) < 4.78 is 44.6. The zero-order valence-electron chi connectivity index (χ0n) is 34.8. The zero-order valence-corrected chi connectivity index (χ0v) is 34.8. The van der Waals surface area contributed by atoms with Gasteiger partial charge in [0.05, 0.1) is 5.56 Å². The summed E-state index contributed by atoms with van der Waals surface area (Å²) in [5, 5.41) is 10.2. The highest BCUT2D eigenvalue weighted by atomic mass is 16.6. The average molecular weight is 795 g/mol. The van der Waals surface area contributed by atoms with Crippen molar-refractivity contribution >= 4 is 29.8 Å². The third kappa shape index (κ3) is 17.3. The predicted molar refractivity (Wildman–Crippen MR) is 210 cm³/mol. The molecule has 0 atom stereocenters. The van der Waals surface area contributed by atoms with Crippen LogP contribution in [0, 0.1) is 0 Å². The lowest BCUT2D eigenvalue weighted by molar-refractivity contribution is -0.158. The maximum atomic E-state index is 12.5. The number of hydrogen-bond donors (Lipinski definition) is 1. The topological polar surface area (TPSA) is 179 Å². The molecule has 14 heteroatoms. The molecular weight excluding hydrogens is 740 g/mol. The van der Waals surface area contributed by atoms with Crippen molar-refractivity contribution in [3.63, 3.8) is 0 Å². The van der Waals surface area contributed by atoms with Crippen LogP contribution in [0.1, 0.15) is 93.4 Å². The van der Waals surface area contributed by atoms with Crippen LogP contribution in [-0.4, -0.2) is 83.8 Å². The molecule has 57 heavy (non-hydrogen) atoms. The van der Waals surface area contributed by atoms with E-state index in [-0.39, 0.29) is 28.6 Å². The highest BCUT2D eigenvalue weighted by Crippen LogP contribution is 2.36. The van der Waals surface area contributed by atoms with E-state index in [9.17, 15) is 29.1 Å². The smallest absolute Gasteiger partial charge is 0.344 e. The summed E-state index contributed by atoms with van der Waals surface area (Å²) in [7, 11) is 0. The molecule has 0 aromatic heterocycles. The molecule has 1 N–H and O–H groups in total. The number of esters is 4. The Labute approximate surface area is 333 Å². The minimum Gasteiger partial charge on any atom is -0.482 e. The summed E-state index contributed by atoms with van der Waals surface area (Å²) in [5.41, 5.74) is -1.55. The molecule has 3 rings (SSSR count). The standard InChI is InChI=1S/C43H54O14/c1-40(2,3)54-35(44)22-50-31-16-28(17-32(20-31)51-23-36(45)55-41(4,5)6)26-13-27(15-30(14-26)39(48)49)29-18-33(52-24-37(46)56-42(7,8)9)21-34(19-29)53-25-38(47)57-43(10,11)12/h13-21H,22-25H2,1-12H3,(H,48,49). The van der Waals surface area contributed by atoms with Gasteiger partial charge in [-0.15, -0.1) is 0 Å². The van der Waals surface area contributed by atoms with E-state index in [0.29, 0.717) is 22.3 Å². The van der Waals surface area contributed by atoms with Gasteiger partial charge in [-0.1, -0.05) is 0 Å². The molecular formula is C43H54O14. The molecule has 0 amide bonds. The van der Waals surface area contributed by atoms with Crippen molar-refractivity contribution in [2.24, 2.45) is 0 Å². The van der Waals surface area contributed by atoms with Gasteiger partial charge in [-0.25, -0.2) is 24.0 Å². The van der Waals surface area contributed by atoms with Crippen LogP contribution in [0.2, 0.25) is 0 Å². The van der Waals surface area contributed by atoms with Crippen molar-refractivity contribution in [2.45, 2.75) is 105 Å². The molecule has 0 aliphatic carbocycles. The van der Waals surface area contributed by atoms with Gasteiger partial charge < -0.3 is 43.0 Å². The second kappa shape index (κ2) is 18.4. The highest BCUT2D eigenvalue weighted by molar-refractivity contribution is 5.92. The third-order valence-corrected chi connectivity index (χ3v) is 6.71. The Hall–Kier alpha value is -5.79. The molecule has 0 radical (unpaired) electrons. The molecule has 3 aromatic rings. The van der Waals surface area contributed by atoms with Gasteiger partial charge in [0.1, 0.15) is 45.4 Å². The van der Waals surface area contributed by atoms with Crippen LogP contribution in [0.15, 0.2) is 54.6 Å². The van der Waals surface area contributed by atoms with Crippen molar-refractivity contribution in [1.29, 1.82) is 0 Å². The van der Waals surface area contributed by atoms with E-state index in [0.717, 1.165) is 0 Å². The van der Waals surface area contributed by atoms with Crippen molar-refractivity contribution in [1.82, 2.24) is 0 Å². The van der Waals surface area contributed by atoms with E-state index in [1.54, 1.807) is 113 Å². The lowest BCUT2D eigenvalue weighted by Crippen LogP contribution is -2.27. The molecule has 0 heterocycles. The van der Waals surface area contributed by atoms with Crippen molar-refractivity contribution in [2.75, 3.05) is 26.4 Å². The quantitative estimate of drug-likeness (QED) is 0.117. The first-order valence-corrected chi connectivity index (χ1v) is 18.2. The van der Waals surface area contributed by atoms with Crippen LogP contribution in [-0.2, 0) is 38.1 Å². The van der Waals surface area contributed by atoms with Gasteiger partial charge in [0.15, 0.2) is 26.4 Å². The Morgan fingerprint density at radius 1 is 0.386 bits per heavy atom. The Bertz CT molecular complexity index is 1700. The van der Waals surface area contributed by atoms with Gasteiger partial charge in [-0.3, -0.25) is 0 Å². The Morgan fingerprint density at radius 2 is 0.614 bits per heavy atom. The first-order valence-electron chi connectivity index (χ1n) is 18.2. The van der Waals surface area contributed by atoms with Crippen LogP contribution in [0.25, 0.3) is 22.3 Å². The summed E-state index contributed by atoms with van der Waals surface area (Å²) in [6.45, 7) is 18.9. The van der Waals surface area contributed by atoms with Crippen LogP contribution in [0.5, 0.6) is 23.0 Å². The molecule has 310 valence electrons. The fraction of sp³-hybridized carbons (Fsp3) is 0.465. The summed E-state index contributed by atoms with van der Waals surface area (Å²) in [6, 6.07) is 13.8. The summed E-state index contributed by atoms with van der Waals surface area (Å²) in [6.07, 6.45) is 0. The summed E-state index contributed by atoms with van der Waals surface area (Å²) in [4.78, 5) is 62.5. The number of carboxylic acid groups (broad SMARTS) is 1. The van der Waals surface area contributed by atoms with E-state index in [1.807, 2.05) is 0 Å². The molecule has 0 aliphatic heterocycles. The van der Waals surface area contributed by atoms with Crippen LogP contribution < -0.4 is 18.9 Å². The fourth-order valence-electron chi connectivity index (χ4n) is 4.95. The minimum atomic E-state index is -1.24. The van der Waals surface area contributed by atoms with E-state index < -0.39 is 78.7 Å². The first-order chi connectivity index (χ1) is 26.1. The number of ether oxygens (including phenoxy) is 8. The van der Waals surface area contributed by atoms with Crippen molar-refractivity contribution in [3.8, 4) is 45.3 Å². The molecule has 3 aromatic carbocycles. The van der Waals surface area contributed by atoms with E-state index in [2.05, 4.69) is 0 Å². The molecule has 0 fully saturated rings. The zero-order chi connectivity index (χ0) is 42.9. The summed E-state index contributed by atoms with van der Waals surface area (Å²) in [5.74, 6) is -3.10. The Balaban J connectivity index is 2.12. The van der Waals surface area contributed by atoms with E-state index in [4.69, 9.17) is 37.9 Å². The number of rotatable bonds is 15. The maximum Gasteiger partial charge on any atom is 0.344 e.